The molecule has 0 aromatic rings. The van der Waals surface area contributed by atoms with Gasteiger partial charge in [-0.25, -0.2) is 4.79 Å². The van der Waals surface area contributed by atoms with Gasteiger partial charge in [0.25, 0.3) is 0 Å². The molecule has 4 nitrogen and oxygen atoms in total. The lowest BCUT2D eigenvalue weighted by Gasteiger charge is -2.27. The summed E-state index contributed by atoms with van der Waals surface area (Å²) in [6, 6.07) is 0. The summed E-state index contributed by atoms with van der Waals surface area (Å²) >= 11 is 4.19. The number of thiol groups is 1. The molecule has 0 spiro atoms. The van der Waals surface area contributed by atoms with Crippen LogP contribution in [0.1, 0.15) is 39.5 Å². The molecule has 0 aliphatic heterocycles. The number of carboxylic acids is 1. The number of amides is 1. The highest BCUT2D eigenvalue weighted by Crippen LogP contribution is 2.30. The molecule has 1 atom stereocenters. The zero-order valence-electron chi connectivity index (χ0n) is 9.69. The predicted molar refractivity (Wildman–Crippen MR) is 64.6 cm³/mol. The van der Waals surface area contributed by atoms with Gasteiger partial charge in [-0.15, -0.1) is 0 Å². The summed E-state index contributed by atoms with van der Waals surface area (Å²) in [7, 11) is 0. The highest BCUT2D eigenvalue weighted by molar-refractivity contribution is 7.81. The number of aliphatic carboxylic acids is 1. The third-order valence-electron chi connectivity index (χ3n) is 3.13. The molecule has 92 valence electrons. The minimum Gasteiger partial charge on any atom is -0.480 e. The number of nitrogens with one attached hydrogen (secondary N) is 1. The normalized spacial score (nSPS) is 20.8. The van der Waals surface area contributed by atoms with Crippen molar-refractivity contribution in [1.82, 2.24) is 5.32 Å². The van der Waals surface area contributed by atoms with Crippen LogP contribution in [0.15, 0.2) is 0 Å². The van der Waals surface area contributed by atoms with Gasteiger partial charge in [-0.3, -0.25) is 4.79 Å². The van der Waals surface area contributed by atoms with Crippen molar-refractivity contribution in [2.75, 3.05) is 0 Å². The van der Waals surface area contributed by atoms with Gasteiger partial charge in [0.05, 0.1) is 5.25 Å². The number of rotatable bonds is 4. The molecular formula is C11H19NO3S. The fourth-order valence-corrected chi connectivity index (χ4v) is 2.05. The number of hydrogen-bond donors (Lipinski definition) is 3. The molecule has 1 fully saturated rings. The lowest BCUT2D eigenvalue weighted by atomic mass is 9.97. The Hall–Kier alpha value is -0.710. The summed E-state index contributed by atoms with van der Waals surface area (Å²) in [5, 5.41) is 11.4. The first-order chi connectivity index (χ1) is 7.39. The molecule has 0 heterocycles. The second-order valence-electron chi connectivity index (χ2n) is 4.77. The van der Waals surface area contributed by atoms with Crippen LogP contribution in [0, 0.1) is 5.92 Å². The van der Waals surface area contributed by atoms with Crippen LogP contribution in [0.2, 0.25) is 0 Å². The zero-order valence-corrected chi connectivity index (χ0v) is 10.6. The summed E-state index contributed by atoms with van der Waals surface area (Å²) in [5.41, 5.74) is -1.05. The molecule has 2 N–H and O–H groups in total. The minimum atomic E-state index is -1.05. The fraction of sp³-hybridized carbons (Fsp3) is 0.818. The molecular weight excluding hydrogens is 226 g/mol. The van der Waals surface area contributed by atoms with E-state index in [1.807, 2.05) is 13.8 Å². The van der Waals surface area contributed by atoms with Crippen LogP contribution in [0.3, 0.4) is 0 Å². The van der Waals surface area contributed by atoms with E-state index < -0.39 is 16.8 Å². The second-order valence-corrected chi connectivity index (χ2v) is 5.33. The van der Waals surface area contributed by atoms with E-state index >= 15 is 0 Å². The van der Waals surface area contributed by atoms with Crippen LogP contribution < -0.4 is 5.32 Å². The number of carbonyl (C=O) groups is 2. The van der Waals surface area contributed by atoms with E-state index in [1.54, 1.807) is 0 Å². The Morgan fingerprint density at radius 3 is 2.19 bits per heavy atom. The van der Waals surface area contributed by atoms with Crippen LogP contribution in [-0.4, -0.2) is 27.8 Å². The fourth-order valence-electron chi connectivity index (χ4n) is 1.98. The zero-order chi connectivity index (χ0) is 12.3. The molecule has 1 aliphatic carbocycles. The molecule has 0 aromatic carbocycles. The average molecular weight is 245 g/mol. The number of carboxylic acid groups (broad SMARTS) is 1. The maximum Gasteiger partial charge on any atom is 0.329 e. The van der Waals surface area contributed by atoms with Gasteiger partial charge in [-0.05, 0) is 18.8 Å². The molecule has 1 amide bonds. The van der Waals surface area contributed by atoms with Gasteiger partial charge in [0, 0.05) is 0 Å². The van der Waals surface area contributed by atoms with Crippen molar-refractivity contribution in [3.8, 4) is 0 Å². The Kier molecular flexibility index (Phi) is 4.24. The van der Waals surface area contributed by atoms with Crippen molar-refractivity contribution in [2.24, 2.45) is 5.92 Å². The Morgan fingerprint density at radius 1 is 1.31 bits per heavy atom. The summed E-state index contributed by atoms with van der Waals surface area (Å²) in [6.45, 7) is 3.78. The van der Waals surface area contributed by atoms with Crippen molar-refractivity contribution in [2.45, 2.75) is 50.3 Å². The van der Waals surface area contributed by atoms with E-state index in [4.69, 9.17) is 0 Å². The van der Waals surface area contributed by atoms with Crippen molar-refractivity contribution in [1.29, 1.82) is 0 Å². The first kappa shape index (κ1) is 13.4. The molecule has 0 bridgehead atoms. The number of carbonyl (C=O) groups excluding carboxylic acids is 1. The van der Waals surface area contributed by atoms with Crippen LogP contribution in [0.5, 0.6) is 0 Å². The molecule has 16 heavy (non-hydrogen) atoms. The van der Waals surface area contributed by atoms with E-state index in [-0.39, 0.29) is 11.8 Å². The summed E-state index contributed by atoms with van der Waals surface area (Å²) < 4.78 is 0. The first-order valence-electron chi connectivity index (χ1n) is 5.62. The summed E-state index contributed by atoms with van der Waals surface area (Å²) in [5.74, 6) is -1.11. The van der Waals surface area contributed by atoms with Gasteiger partial charge in [-0.2, -0.15) is 12.6 Å². The maximum atomic E-state index is 11.8. The van der Waals surface area contributed by atoms with Gasteiger partial charge in [-0.1, -0.05) is 26.7 Å². The van der Waals surface area contributed by atoms with Crippen LogP contribution in [0.4, 0.5) is 0 Å². The van der Waals surface area contributed by atoms with E-state index in [1.165, 1.54) is 0 Å². The van der Waals surface area contributed by atoms with Crippen LogP contribution >= 0.6 is 12.6 Å². The molecule has 5 heteroatoms. The van der Waals surface area contributed by atoms with Gasteiger partial charge < -0.3 is 10.4 Å². The Balaban J connectivity index is 2.70. The van der Waals surface area contributed by atoms with Crippen molar-refractivity contribution < 1.29 is 14.7 Å². The molecule has 0 aromatic heterocycles. The maximum absolute atomic E-state index is 11.8. The third-order valence-corrected chi connectivity index (χ3v) is 3.96. The molecule has 0 radical (unpaired) electrons. The van der Waals surface area contributed by atoms with Gasteiger partial charge in [0.2, 0.25) is 5.91 Å². The van der Waals surface area contributed by atoms with E-state index in [2.05, 4.69) is 17.9 Å². The Labute approximate surface area is 101 Å². The van der Waals surface area contributed by atoms with E-state index in [9.17, 15) is 14.7 Å². The quantitative estimate of drug-likeness (QED) is 0.657. The Morgan fingerprint density at radius 2 is 1.81 bits per heavy atom. The topological polar surface area (TPSA) is 66.4 Å². The van der Waals surface area contributed by atoms with Crippen molar-refractivity contribution in [3.05, 3.63) is 0 Å². The SMILES string of the molecule is CC(C)C(S)C(=O)NC1(C(=O)O)CCCC1. The van der Waals surface area contributed by atoms with E-state index in [0.717, 1.165) is 12.8 Å². The molecule has 0 saturated heterocycles. The van der Waals surface area contributed by atoms with Gasteiger partial charge >= 0.3 is 5.97 Å². The van der Waals surface area contributed by atoms with Gasteiger partial charge in [0.1, 0.15) is 5.54 Å². The smallest absolute Gasteiger partial charge is 0.329 e. The molecule has 1 unspecified atom stereocenters. The highest BCUT2D eigenvalue weighted by atomic mass is 32.1. The summed E-state index contributed by atoms with van der Waals surface area (Å²) in [4.78, 5) is 23.0. The predicted octanol–water partition coefficient (Wildman–Crippen LogP) is 1.45. The lowest BCUT2D eigenvalue weighted by molar-refractivity contribution is -0.147. The summed E-state index contributed by atoms with van der Waals surface area (Å²) in [6.07, 6.45) is 2.75. The third kappa shape index (κ3) is 2.70. The van der Waals surface area contributed by atoms with Crippen LogP contribution in [-0.2, 0) is 9.59 Å². The van der Waals surface area contributed by atoms with Crippen molar-refractivity contribution in [3.63, 3.8) is 0 Å². The molecule has 1 saturated carbocycles. The van der Waals surface area contributed by atoms with Crippen LogP contribution in [0.25, 0.3) is 0 Å². The standard InChI is InChI=1S/C11H19NO3S/c1-7(2)8(16)9(13)12-11(10(14)15)5-3-4-6-11/h7-8,16H,3-6H2,1-2H3,(H,12,13)(H,14,15). The molecule has 1 aliphatic rings. The second kappa shape index (κ2) is 5.08. The van der Waals surface area contributed by atoms with Crippen molar-refractivity contribution >= 4 is 24.5 Å². The monoisotopic (exact) mass is 245 g/mol. The highest BCUT2D eigenvalue weighted by Gasteiger charge is 2.43. The van der Waals surface area contributed by atoms with Gasteiger partial charge in [0.15, 0.2) is 0 Å². The molecule has 1 rings (SSSR count). The Bertz CT molecular complexity index is 285. The first-order valence-corrected chi connectivity index (χ1v) is 6.14. The lowest BCUT2D eigenvalue weighted by Crippen LogP contribution is -2.55. The average Bonchev–Trinajstić information content (AvgIpc) is 2.66. The van der Waals surface area contributed by atoms with E-state index in [0.29, 0.717) is 12.8 Å². The number of hydrogen-bond acceptors (Lipinski definition) is 3. The minimum absolute atomic E-state index is 0.0931. The largest absolute Gasteiger partial charge is 0.480 e.